The number of phenols is 2. The number of nitrogens with zero attached hydrogens (tertiary/aromatic N) is 2. The average molecular weight is 407 g/mol. The predicted molar refractivity (Wildman–Crippen MR) is 81.1 cm³/mol. The van der Waals surface area contributed by atoms with Crippen LogP contribution in [-0.4, -0.2) is 35.7 Å². The van der Waals surface area contributed by atoms with E-state index in [1.165, 1.54) is 0 Å². The van der Waals surface area contributed by atoms with Gasteiger partial charge in [0.1, 0.15) is 11.5 Å². The second-order valence-electron chi connectivity index (χ2n) is 4.19. The van der Waals surface area contributed by atoms with Crippen LogP contribution < -0.4 is 0 Å². The van der Waals surface area contributed by atoms with E-state index in [2.05, 4.69) is 9.98 Å². The second kappa shape index (κ2) is 9.50. The van der Waals surface area contributed by atoms with Gasteiger partial charge in [-0.15, -0.1) is 0 Å². The van der Waals surface area contributed by atoms with Gasteiger partial charge in [0.25, 0.3) is 0 Å². The van der Waals surface area contributed by atoms with Gasteiger partial charge < -0.3 is 10.2 Å². The van der Waals surface area contributed by atoms with E-state index in [-0.39, 0.29) is 47.1 Å². The maximum absolute atomic E-state index is 9.54. The zero-order chi connectivity index (χ0) is 14.2. The molecule has 0 atom stereocenters. The summed E-state index contributed by atoms with van der Waals surface area (Å²) in [5.41, 5.74) is 1.38. The topological polar surface area (TPSA) is 65.2 Å². The van der Waals surface area contributed by atoms with Gasteiger partial charge in [0, 0.05) is 59.2 Å². The van der Waals surface area contributed by atoms with Crippen LogP contribution in [0.25, 0.3) is 0 Å². The van der Waals surface area contributed by atoms with E-state index in [0.717, 1.165) is 0 Å². The molecule has 105 valence electrons. The van der Waals surface area contributed by atoms with Crippen molar-refractivity contribution in [1.82, 2.24) is 0 Å². The van der Waals surface area contributed by atoms with Crippen LogP contribution in [0, 0.1) is 35.6 Å². The molecule has 2 aromatic carbocycles. The number of para-hydroxylation sites is 2. The van der Waals surface area contributed by atoms with Crippen molar-refractivity contribution in [2.75, 3.05) is 13.1 Å². The van der Waals surface area contributed by atoms with Crippen LogP contribution in [0.15, 0.2) is 58.5 Å². The molecule has 0 saturated heterocycles. The van der Waals surface area contributed by atoms with E-state index in [1.807, 2.05) is 12.1 Å². The number of aromatic hydroxyl groups is 2. The third-order valence-corrected chi connectivity index (χ3v) is 2.69. The molecule has 0 saturated carbocycles. The summed E-state index contributed by atoms with van der Waals surface area (Å²) in [5, 5.41) is 19.1. The molecule has 0 amide bonds. The van der Waals surface area contributed by atoms with E-state index >= 15 is 0 Å². The molecule has 0 aliphatic rings. The smallest absolute Gasteiger partial charge is 0.124 e. The van der Waals surface area contributed by atoms with Crippen molar-refractivity contribution in [1.29, 1.82) is 0 Å². The first kappa shape index (κ1) is 17.6. The molecule has 2 aromatic rings. The van der Waals surface area contributed by atoms with Crippen LogP contribution in [0.5, 0.6) is 11.5 Å². The van der Waals surface area contributed by atoms with Gasteiger partial charge in [-0.25, -0.2) is 0 Å². The Morgan fingerprint density at radius 3 is 1.48 bits per heavy atom. The summed E-state index contributed by atoms with van der Waals surface area (Å²) in [6, 6.07) is 14.1. The molecule has 2 rings (SSSR count). The fraction of sp³-hybridized carbons (Fsp3) is 0.125. The molecule has 1 radical (unpaired) electrons. The summed E-state index contributed by atoms with van der Waals surface area (Å²) in [6.07, 6.45) is 3.26. The monoisotopic (exact) mass is 407 g/mol. The second-order valence-corrected chi connectivity index (χ2v) is 4.19. The molecule has 0 aliphatic carbocycles. The van der Waals surface area contributed by atoms with E-state index in [1.54, 1.807) is 48.8 Å². The fourth-order valence-electron chi connectivity index (χ4n) is 1.63. The van der Waals surface area contributed by atoms with Crippen LogP contribution in [0.4, 0.5) is 0 Å². The summed E-state index contributed by atoms with van der Waals surface area (Å²) < 4.78 is 0. The first-order chi connectivity index (χ1) is 9.77. The Balaban J connectivity index is 0.00000220. The Hall–Kier alpha value is -1.43. The third kappa shape index (κ3) is 5.83. The zero-order valence-electron chi connectivity index (χ0n) is 11.6. The normalized spacial score (nSPS) is 10.9. The van der Waals surface area contributed by atoms with E-state index in [4.69, 9.17) is 0 Å². The van der Waals surface area contributed by atoms with Crippen molar-refractivity contribution in [3.8, 4) is 11.5 Å². The minimum atomic E-state index is 0. The van der Waals surface area contributed by atoms with Gasteiger partial charge in [-0.2, -0.15) is 0 Å². The van der Waals surface area contributed by atoms with E-state index < -0.39 is 0 Å². The molecule has 0 aromatic heterocycles. The molecule has 0 bridgehead atoms. The number of phenolic OH excluding ortho intramolecular Hbond substituents is 2. The van der Waals surface area contributed by atoms with Gasteiger partial charge >= 0.3 is 0 Å². The van der Waals surface area contributed by atoms with Crippen molar-refractivity contribution < 1.29 is 45.8 Å². The van der Waals surface area contributed by atoms with Crippen LogP contribution >= 0.6 is 0 Å². The van der Waals surface area contributed by atoms with Gasteiger partial charge in [-0.05, 0) is 24.3 Å². The van der Waals surface area contributed by atoms with Gasteiger partial charge in [0.15, 0.2) is 0 Å². The first-order valence-electron chi connectivity index (χ1n) is 6.33. The van der Waals surface area contributed by atoms with Crippen molar-refractivity contribution in [3.63, 3.8) is 0 Å². The molecular weight excluding hydrogens is 391 g/mol. The van der Waals surface area contributed by atoms with Crippen LogP contribution in [-0.2, 0) is 0 Å². The molecule has 21 heavy (non-hydrogen) atoms. The maximum atomic E-state index is 9.54. The molecule has 0 unspecified atom stereocenters. The number of hydrogen-bond donors (Lipinski definition) is 2. The van der Waals surface area contributed by atoms with E-state index in [9.17, 15) is 10.2 Å². The third-order valence-electron chi connectivity index (χ3n) is 2.69. The van der Waals surface area contributed by atoms with Crippen LogP contribution in [0.3, 0.4) is 0 Å². The summed E-state index contributed by atoms with van der Waals surface area (Å²) in [4.78, 5) is 8.39. The first-order valence-corrected chi connectivity index (χ1v) is 6.33. The average Bonchev–Trinajstić information content (AvgIpc) is 2.46. The van der Waals surface area contributed by atoms with Crippen molar-refractivity contribution in [2.24, 2.45) is 9.98 Å². The number of hydrogen-bond acceptors (Lipinski definition) is 4. The summed E-state index contributed by atoms with van der Waals surface area (Å²) >= 11 is 0. The van der Waals surface area contributed by atoms with Gasteiger partial charge in [0.2, 0.25) is 0 Å². The van der Waals surface area contributed by atoms with E-state index in [0.29, 0.717) is 24.2 Å². The Morgan fingerprint density at radius 2 is 1.10 bits per heavy atom. The van der Waals surface area contributed by atoms with Crippen molar-refractivity contribution >= 4 is 12.4 Å². The number of benzene rings is 2. The summed E-state index contributed by atoms with van der Waals surface area (Å²) in [5.74, 6) is 0.433. The molecule has 0 spiro atoms. The standard InChI is InChI=1S/C16H16N2O2.La/c19-15-7-3-1-5-13(15)11-17-9-10-18-12-14-6-2-4-8-16(14)20;/h1-8,11-12,19-20H,9-10H2;/b17-11+,18-12+;. The van der Waals surface area contributed by atoms with Gasteiger partial charge in [-0.1, -0.05) is 24.3 Å². The molecule has 5 heteroatoms. The molecule has 2 N–H and O–H groups in total. The van der Waals surface area contributed by atoms with Crippen LogP contribution in [0.1, 0.15) is 11.1 Å². The molecular formula is C16H16LaN2O2. The quantitative estimate of drug-likeness (QED) is 0.592. The van der Waals surface area contributed by atoms with Crippen molar-refractivity contribution in [2.45, 2.75) is 0 Å². The van der Waals surface area contributed by atoms with Crippen LogP contribution in [0.2, 0.25) is 0 Å². The van der Waals surface area contributed by atoms with Crippen molar-refractivity contribution in [3.05, 3.63) is 59.7 Å². The minimum absolute atomic E-state index is 0. The number of aliphatic imine (C=N–C) groups is 2. The minimum Gasteiger partial charge on any atom is -0.507 e. The molecule has 0 fully saturated rings. The zero-order valence-corrected chi connectivity index (χ0v) is 15.2. The fourth-order valence-corrected chi connectivity index (χ4v) is 1.63. The Morgan fingerprint density at radius 1 is 0.714 bits per heavy atom. The maximum Gasteiger partial charge on any atom is 0.124 e. The summed E-state index contributed by atoms with van der Waals surface area (Å²) in [6.45, 7) is 1.05. The predicted octanol–water partition coefficient (Wildman–Crippen LogP) is 2.64. The Kier molecular flexibility index (Phi) is 7.97. The van der Waals surface area contributed by atoms with Gasteiger partial charge in [-0.3, -0.25) is 9.98 Å². The van der Waals surface area contributed by atoms with Gasteiger partial charge in [0.05, 0.1) is 13.1 Å². The molecule has 0 aliphatic heterocycles. The molecule has 0 heterocycles. The Labute approximate surface area is 151 Å². The number of rotatable bonds is 5. The molecule has 4 nitrogen and oxygen atoms in total. The largest absolute Gasteiger partial charge is 0.507 e. The SMILES string of the molecule is Oc1ccccc1/C=N/CC/N=C/c1ccccc1O.[La]. The summed E-state index contributed by atoms with van der Waals surface area (Å²) in [7, 11) is 0. The Bertz CT molecular complexity index is 572.